The highest BCUT2D eigenvalue weighted by atomic mass is 79.9. The van der Waals surface area contributed by atoms with Gasteiger partial charge in [-0.05, 0) is 25.5 Å². The number of halogens is 1. The number of benzene rings is 1. The molecule has 0 radical (unpaired) electrons. The number of rotatable bonds is 3. The number of aliphatic hydroxyl groups excluding tert-OH is 1. The largest absolute Gasteiger partial charge is 0.389 e. The van der Waals surface area contributed by atoms with Gasteiger partial charge in [-0.15, -0.1) is 0 Å². The van der Waals surface area contributed by atoms with Crippen molar-refractivity contribution in [3.63, 3.8) is 0 Å². The molecule has 0 amide bonds. The van der Waals surface area contributed by atoms with E-state index < -0.39 is 6.10 Å². The van der Waals surface area contributed by atoms with Crippen LogP contribution < -0.4 is 4.90 Å². The lowest BCUT2D eigenvalue weighted by atomic mass is 10.1. The Hall–Kier alpha value is -0.580. The van der Waals surface area contributed by atoms with Gasteiger partial charge in [0, 0.05) is 28.8 Å². The zero-order chi connectivity index (χ0) is 13.1. The number of anilines is 1. The van der Waals surface area contributed by atoms with E-state index in [1.165, 1.54) is 0 Å². The third kappa shape index (κ3) is 3.05. The first-order valence-electron chi connectivity index (χ1n) is 6.46. The van der Waals surface area contributed by atoms with E-state index in [1.807, 2.05) is 19.1 Å². The number of nitrogens with zero attached hydrogens (tertiary/aromatic N) is 1. The summed E-state index contributed by atoms with van der Waals surface area (Å²) in [5.41, 5.74) is 2.09. The zero-order valence-corrected chi connectivity index (χ0v) is 12.5. The lowest BCUT2D eigenvalue weighted by Crippen LogP contribution is -2.42. The Bertz CT molecular complexity index is 409. The fourth-order valence-corrected chi connectivity index (χ4v) is 2.68. The Morgan fingerprint density at radius 3 is 3.00 bits per heavy atom. The molecule has 1 aromatic carbocycles. The molecule has 0 aromatic heterocycles. The molecule has 1 aliphatic rings. The molecule has 2 unspecified atom stereocenters. The summed E-state index contributed by atoms with van der Waals surface area (Å²) in [5, 5.41) is 9.88. The maximum atomic E-state index is 9.88. The molecule has 0 bridgehead atoms. The normalized spacial score (nSPS) is 22.0. The van der Waals surface area contributed by atoms with E-state index in [2.05, 4.69) is 33.8 Å². The van der Waals surface area contributed by atoms with E-state index in [0.29, 0.717) is 6.10 Å². The van der Waals surface area contributed by atoms with E-state index in [4.69, 9.17) is 4.74 Å². The highest BCUT2D eigenvalue weighted by Crippen LogP contribution is 2.31. The van der Waals surface area contributed by atoms with Crippen molar-refractivity contribution in [2.24, 2.45) is 0 Å². The van der Waals surface area contributed by atoms with Gasteiger partial charge in [0.05, 0.1) is 18.8 Å². The second kappa shape index (κ2) is 6.04. The predicted octanol–water partition coefficient (Wildman–Crippen LogP) is 3.12. The fourth-order valence-electron chi connectivity index (χ4n) is 2.33. The van der Waals surface area contributed by atoms with Crippen molar-refractivity contribution in [1.82, 2.24) is 0 Å². The molecular formula is C14H20BrNO2. The van der Waals surface area contributed by atoms with E-state index >= 15 is 0 Å². The summed E-state index contributed by atoms with van der Waals surface area (Å²) in [4.78, 5) is 2.31. The van der Waals surface area contributed by atoms with Crippen LogP contribution in [0.4, 0.5) is 5.69 Å². The first kappa shape index (κ1) is 13.8. The first-order chi connectivity index (χ1) is 8.61. The molecule has 2 rings (SSSR count). The Morgan fingerprint density at radius 2 is 2.33 bits per heavy atom. The molecule has 18 heavy (non-hydrogen) atoms. The lowest BCUT2D eigenvalue weighted by molar-refractivity contribution is 0.0382. The molecule has 1 saturated heterocycles. The quantitative estimate of drug-likeness (QED) is 0.930. The summed E-state index contributed by atoms with van der Waals surface area (Å²) in [6.45, 7) is 6.48. The molecule has 1 aliphatic heterocycles. The van der Waals surface area contributed by atoms with Crippen LogP contribution in [0.3, 0.4) is 0 Å². The smallest absolute Gasteiger partial charge is 0.0782 e. The number of ether oxygens (including phenoxy) is 1. The molecule has 4 heteroatoms. The summed E-state index contributed by atoms with van der Waals surface area (Å²) < 4.78 is 6.74. The van der Waals surface area contributed by atoms with Crippen molar-refractivity contribution in [3.8, 4) is 0 Å². The molecule has 100 valence electrons. The molecule has 1 N–H and O–H groups in total. The average molecular weight is 314 g/mol. The SMILES string of the molecule is CCC1CN(c2cc(Br)ccc2C(C)O)CCO1. The molecule has 0 saturated carbocycles. The van der Waals surface area contributed by atoms with Crippen molar-refractivity contribution >= 4 is 21.6 Å². The summed E-state index contributed by atoms with van der Waals surface area (Å²) in [6, 6.07) is 6.05. The van der Waals surface area contributed by atoms with Crippen LogP contribution in [0.15, 0.2) is 22.7 Å². The summed E-state index contributed by atoms with van der Waals surface area (Å²) in [5.74, 6) is 0. The first-order valence-corrected chi connectivity index (χ1v) is 7.25. The van der Waals surface area contributed by atoms with Crippen LogP contribution in [-0.4, -0.2) is 30.9 Å². The van der Waals surface area contributed by atoms with Crippen LogP contribution in [0.2, 0.25) is 0 Å². The average Bonchev–Trinajstić information content (AvgIpc) is 2.38. The molecule has 0 aliphatic carbocycles. The second-order valence-corrected chi connectivity index (χ2v) is 5.64. The molecular weight excluding hydrogens is 294 g/mol. The minimum Gasteiger partial charge on any atom is -0.389 e. The van der Waals surface area contributed by atoms with Crippen LogP contribution in [0, 0.1) is 0 Å². The molecule has 1 heterocycles. The molecule has 1 fully saturated rings. The van der Waals surface area contributed by atoms with Crippen molar-refractivity contribution in [2.45, 2.75) is 32.5 Å². The van der Waals surface area contributed by atoms with Crippen molar-refractivity contribution < 1.29 is 9.84 Å². The highest BCUT2D eigenvalue weighted by molar-refractivity contribution is 9.10. The van der Waals surface area contributed by atoms with Crippen molar-refractivity contribution in [1.29, 1.82) is 0 Å². The van der Waals surface area contributed by atoms with Crippen LogP contribution in [-0.2, 0) is 4.74 Å². The minimum atomic E-state index is -0.448. The Balaban J connectivity index is 2.28. The van der Waals surface area contributed by atoms with Crippen molar-refractivity contribution in [3.05, 3.63) is 28.2 Å². The number of hydrogen-bond donors (Lipinski definition) is 1. The maximum Gasteiger partial charge on any atom is 0.0782 e. The van der Waals surface area contributed by atoms with Gasteiger partial charge in [0.2, 0.25) is 0 Å². The van der Waals surface area contributed by atoms with Crippen LogP contribution >= 0.6 is 15.9 Å². The third-order valence-corrected chi connectivity index (χ3v) is 3.87. The molecule has 3 nitrogen and oxygen atoms in total. The van der Waals surface area contributed by atoms with E-state index in [9.17, 15) is 5.11 Å². The standard InChI is InChI=1S/C14H20BrNO2/c1-3-12-9-16(6-7-18-12)14-8-11(15)4-5-13(14)10(2)17/h4-5,8,10,12,17H,3,6-7,9H2,1-2H3. The summed E-state index contributed by atoms with van der Waals surface area (Å²) >= 11 is 3.50. The number of aliphatic hydroxyl groups is 1. The highest BCUT2D eigenvalue weighted by Gasteiger charge is 2.22. The predicted molar refractivity (Wildman–Crippen MR) is 77.0 cm³/mol. The zero-order valence-electron chi connectivity index (χ0n) is 10.9. The van der Waals surface area contributed by atoms with Gasteiger partial charge in [0.1, 0.15) is 0 Å². The molecule has 0 spiro atoms. The lowest BCUT2D eigenvalue weighted by Gasteiger charge is -2.35. The minimum absolute atomic E-state index is 0.291. The Labute approximate surface area is 117 Å². The van der Waals surface area contributed by atoms with E-state index in [-0.39, 0.29) is 0 Å². The van der Waals surface area contributed by atoms with E-state index in [1.54, 1.807) is 0 Å². The van der Waals surface area contributed by atoms with Crippen molar-refractivity contribution in [2.75, 3.05) is 24.6 Å². The number of hydrogen-bond acceptors (Lipinski definition) is 3. The van der Waals surface area contributed by atoms with Gasteiger partial charge in [-0.3, -0.25) is 0 Å². The van der Waals surface area contributed by atoms with Crippen LogP contribution in [0.1, 0.15) is 31.9 Å². The van der Waals surface area contributed by atoms with Crippen LogP contribution in [0.25, 0.3) is 0 Å². The monoisotopic (exact) mass is 313 g/mol. The third-order valence-electron chi connectivity index (χ3n) is 3.38. The summed E-state index contributed by atoms with van der Waals surface area (Å²) in [6.07, 6.45) is 0.865. The topological polar surface area (TPSA) is 32.7 Å². The van der Waals surface area contributed by atoms with Gasteiger partial charge in [-0.1, -0.05) is 28.9 Å². The van der Waals surface area contributed by atoms with Gasteiger partial charge >= 0.3 is 0 Å². The number of morpholine rings is 1. The van der Waals surface area contributed by atoms with Crippen LogP contribution in [0.5, 0.6) is 0 Å². The van der Waals surface area contributed by atoms with Gasteiger partial charge in [0.25, 0.3) is 0 Å². The fraction of sp³-hybridized carbons (Fsp3) is 0.571. The van der Waals surface area contributed by atoms with E-state index in [0.717, 1.165) is 41.8 Å². The van der Waals surface area contributed by atoms with Gasteiger partial charge in [-0.25, -0.2) is 0 Å². The Kier molecular flexibility index (Phi) is 4.65. The van der Waals surface area contributed by atoms with Gasteiger partial charge in [0.15, 0.2) is 0 Å². The Morgan fingerprint density at radius 1 is 1.56 bits per heavy atom. The molecule has 2 atom stereocenters. The molecule has 1 aromatic rings. The maximum absolute atomic E-state index is 9.88. The summed E-state index contributed by atoms with van der Waals surface area (Å²) in [7, 11) is 0. The van der Waals surface area contributed by atoms with Gasteiger partial charge in [-0.2, -0.15) is 0 Å². The van der Waals surface area contributed by atoms with Gasteiger partial charge < -0.3 is 14.7 Å². The second-order valence-electron chi connectivity index (χ2n) is 4.73.